The van der Waals surface area contributed by atoms with Gasteiger partial charge in [-0.2, -0.15) is 4.39 Å². The Hall–Kier alpha value is -1.53. The molecular formula is C14H19FN2O3. The van der Waals surface area contributed by atoms with Crippen LogP contribution in [0, 0.1) is 15.9 Å². The molecule has 0 aliphatic carbocycles. The highest BCUT2D eigenvalue weighted by atomic mass is 19.1. The predicted octanol–water partition coefficient (Wildman–Crippen LogP) is 2.73. The van der Waals surface area contributed by atoms with E-state index in [2.05, 4.69) is 4.90 Å². The number of benzene rings is 1. The fraction of sp³-hybridized carbons (Fsp3) is 0.571. The Morgan fingerprint density at radius 1 is 1.55 bits per heavy atom. The molecule has 0 aromatic heterocycles. The van der Waals surface area contributed by atoms with Gasteiger partial charge in [0, 0.05) is 25.8 Å². The summed E-state index contributed by atoms with van der Waals surface area (Å²) in [6, 6.07) is 4.08. The average molecular weight is 282 g/mol. The normalized spacial score (nSPS) is 18.6. The number of nitro groups is 1. The fourth-order valence-electron chi connectivity index (χ4n) is 2.44. The molecule has 1 atom stereocenters. The third-order valence-corrected chi connectivity index (χ3v) is 3.55. The van der Waals surface area contributed by atoms with Crippen LogP contribution in [0.3, 0.4) is 0 Å². The molecule has 1 aliphatic heterocycles. The summed E-state index contributed by atoms with van der Waals surface area (Å²) in [4.78, 5) is 12.0. The first-order chi connectivity index (χ1) is 9.60. The summed E-state index contributed by atoms with van der Waals surface area (Å²) in [5, 5.41) is 10.6. The van der Waals surface area contributed by atoms with Crippen LogP contribution in [0.2, 0.25) is 0 Å². The van der Waals surface area contributed by atoms with Crippen molar-refractivity contribution in [3.63, 3.8) is 0 Å². The molecule has 0 N–H and O–H groups in total. The van der Waals surface area contributed by atoms with Crippen molar-refractivity contribution in [2.24, 2.45) is 0 Å². The van der Waals surface area contributed by atoms with Crippen molar-refractivity contribution in [1.82, 2.24) is 4.90 Å². The van der Waals surface area contributed by atoms with E-state index in [1.54, 1.807) is 6.07 Å². The maximum Gasteiger partial charge on any atom is 0.304 e. The first-order valence-electron chi connectivity index (χ1n) is 6.87. The highest BCUT2D eigenvalue weighted by Crippen LogP contribution is 2.20. The first-order valence-corrected chi connectivity index (χ1v) is 6.87. The van der Waals surface area contributed by atoms with E-state index in [0.717, 1.165) is 38.1 Å². The van der Waals surface area contributed by atoms with Gasteiger partial charge < -0.3 is 4.74 Å². The number of ether oxygens (including phenoxy) is 1. The molecule has 0 spiro atoms. The summed E-state index contributed by atoms with van der Waals surface area (Å²) in [6.07, 6.45) is 2.40. The van der Waals surface area contributed by atoms with Crippen molar-refractivity contribution in [3.8, 4) is 0 Å². The zero-order valence-corrected chi connectivity index (χ0v) is 11.5. The molecule has 1 aromatic carbocycles. The highest BCUT2D eigenvalue weighted by Gasteiger charge is 2.19. The van der Waals surface area contributed by atoms with Gasteiger partial charge in [0.25, 0.3) is 0 Å². The number of rotatable bonds is 6. The predicted molar refractivity (Wildman–Crippen MR) is 73.0 cm³/mol. The maximum atomic E-state index is 13.6. The summed E-state index contributed by atoms with van der Waals surface area (Å²) < 4.78 is 19.2. The second-order valence-corrected chi connectivity index (χ2v) is 5.01. The van der Waals surface area contributed by atoms with Crippen LogP contribution in [0.15, 0.2) is 18.2 Å². The second-order valence-electron chi connectivity index (χ2n) is 5.01. The minimum atomic E-state index is -0.777. The molecule has 1 heterocycles. The molecule has 6 heteroatoms. The molecule has 0 amide bonds. The van der Waals surface area contributed by atoms with Gasteiger partial charge in [0.15, 0.2) is 0 Å². The van der Waals surface area contributed by atoms with Gasteiger partial charge in [-0.15, -0.1) is 0 Å². The van der Waals surface area contributed by atoms with Gasteiger partial charge in [0.2, 0.25) is 5.82 Å². The lowest BCUT2D eigenvalue weighted by Gasteiger charge is -2.23. The number of likely N-dealkylation sites (N-methyl/N-ethyl adjacent to an activating group) is 1. The standard InChI is InChI=1S/C14H19FN2O3/c1-2-16(10-12-4-3-7-20-12)9-11-5-6-14(17(18)19)13(15)8-11/h5-6,8,12H,2-4,7,9-10H2,1H3. The lowest BCUT2D eigenvalue weighted by Crippen LogP contribution is -2.31. The SMILES string of the molecule is CCN(Cc1ccc([N+](=O)[O-])c(F)c1)CC1CCCO1. The Balaban J connectivity index is 1.99. The topological polar surface area (TPSA) is 55.6 Å². The van der Waals surface area contributed by atoms with Crippen molar-refractivity contribution in [1.29, 1.82) is 0 Å². The summed E-state index contributed by atoms with van der Waals surface area (Å²) in [6.45, 7) is 5.07. The highest BCUT2D eigenvalue weighted by molar-refractivity contribution is 5.34. The van der Waals surface area contributed by atoms with E-state index in [9.17, 15) is 14.5 Å². The monoisotopic (exact) mass is 282 g/mol. The molecule has 0 saturated carbocycles. The van der Waals surface area contributed by atoms with Crippen molar-refractivity contribution in [2.45, 2.75) is 32.4 Å². The van der Waals surface area contributed by atoms with E-state index < -0.39 is 16.4 Å². The third-order valence-electron chi connectivity index (χ3n) is 3.55. The second kappa shape index (κ2) is 6.76. The van der Waals surface area contributed by atoms with Gasteiger partial charge in [0.05, 0.1) is 11.0 Å². The van der Waals surface area contributed by atoms with Crippen LogP contribution in [0.1, 0.15) is 25.3 Å². The van der Waals surface area contributed by atoms with Crippen LogP contribution >= 0.6 is 0 Å². The van der Waals surface area contributed by atoms with Crippen LogP contribution in [0.4, 0.5) is 10.1 Å². The van der Waals surface area contributed by atoms with Gasteiger partial charge in [0.1, 0.15) is 0 Å². The van der Waals surface area contributed by atoms with Crippen molar-refractivity contribution >= 4 is 5.69 Å². The quantitative estimate of drug-likeness (QED) is 0.594. The zero-order chi connectivity index (χ0) is 14.5. The lowest BCUT2D eigenvalue weighted by atomic mass is 10.1. The van der Waals surface area contributed by atoms with Crippen molar-refractivity contribution < 1.29 is 14.1 Å². The molecule has 20 heavy (non-hydrogen) atoms. The van der Waals surface area contributed by atoms with Gasteiger partial charge in [-0.1, -0.05) is 13.0 Å². The van der Waals surface area contributed by atoms with Crippen LogP contribution in [-0.2, 0) is 11.3 Å². The minimum Gasteiger partial charge on any atom is -0.377 e. The van der Waals surface area contributed by atoms with Crippen LogP contribution < -0.4 is 0 Å². The summed E-state index contributed by atoms with van der Waals surface area (Å²) >= 11 is 0. The summed E-state index contributed by atoms with van der Waals surface area (Å²) in [7, 11) is 0. The molecule has 1 fully saturated rings. The van der Waals surface area contributed by atoms with Crippen molar-refractivity contribution in [2.75, 3.05) is 19.7 Å². The molecule has 1 aliphatic rings. The Bertz CT molecular complexity index is 475. The Morgan fingerprint density at radius 2 is 2.35 bits per heavy atom. The third kappa shape index (κ3) is 3.74. The summed E-state index contributed by atoms with van der Waals surface area (Å²) in [5.41, 5.74) is 0.267. The first kappa shape index (κ1) is 14.9. The molecule has 110 valence electrons. The zero-order valence-electron chi connectivity index (χ0n) is 11.5. The molecule has 2 rings (SSSR count). The average Bonchev–Trinajstić information content (AvgIpc) is 2.90. The van der Waals surface area contributed by atoms with E-state index in [0.29, 0.717) is 6.54 Å². The largest absolute Gasteiger partial charge is 0.377 e. The number of hydrogen-bond donors (Lipinski definition) is 0. The lowest BCUT2D eigenvalue weighted by molar-refractivity contribution is -0.387. The number of nitrogens with zero attached hydrogens (tertiary/aromatic N) is 2. The van der Waals surface area contributed by atoms with Gasteiger partial charge in [-0.25, -0.2) is 0 Å². The molecular weight excluding hydrogens is 263 g/mol. The van der Waals surface area contributed by atoms with Crippen molar-refractivity contribution in [3.05, 3.63) is 39.7 Å². The molecule has 1 saturated heterocycles. The smallest absolute Gasteiger partial charge is 0.304 e. The minimum absolute atomic E-state index is 0.248. The van der Waals surface area contributed by atoms with Crippen LogP contribution in [0.25, 0.3) is 0 Å². The number of hydrogen-bond acceptors (Lipinski definition) is 4. The van der Waals surface area contributed by atoms with E-state index in [4.69, 9.17) is 4.74 Å². The molecule has 0 bridgehead atoms. The van der Waals surface area contributed by atoms with E-state index in [1.807, 2.05) is 6.92 Å². The molecule has 1 aromatic rings. The molecule has 0 radical (unpaired) electrons. The van der Waals surface area contributed by atoms with Gasteiger partial charge in [-0.3, -0.25) is 15.0 Å². The summed E-state index contributed by atoms with van der Waals surface area (Å²) in [5.74, 6) is -0.777. The number of nitro benzene ring substituents is 1. The van der Waals surface area contributed by atoms with Gasteiger partial charge >= 0.3 is 5.69 Å². The van der Waals surface area contributed by atoms with E-state index in [-0.39, 0.29) is 6.10 Å². The Kier molecular flexibility index (Phi) is 5.03. The van der Waals surface area contributed by atoms with Gasteiger partial charge in [-0.05, 0) is 31.0 Å². The Labute approximate surface area is 117 Å². The maximum absolute atomic E-state index is 13.6. The van der Waals surface area contributed by atoms with Crippen LogP contribution in [0.5, 0.6) is 0 Å². The van der Waals surface area contributed by atoms with Crippen LogP contribution in [-0.4, -0.2) is 35.6 Å². The number of halogens is 1. The van der Waals surface area contributed by atoms with E-state index in [1.165, 1.54) is 12.1 Å². The fourth-order valence-corrected chi connectivity index (χ4v) is 2.44. The van der Waals surface area contributed by atoms with E-state index >= 15 is 0 Å². The Morgan fingerprint density at radius 3 is 2.90 bits per heavy atom. The molecule has 5 nitrogen and oxygen atoms in total. The molecule has 1 unspecified atom stereocenters.